The SMILES string of the molecule is O=C1CCCC(Cc2ccncc2Cl)C1. The second-order valence-corrected chi connectivity index (χ2v) is 4.58. The lowest BCUT2D eigenvalue weighted by Crippen LogP contribution is -2.17. The van der Waals surface area contributed by atoms with Crippen molar-refractivity contribution in [3.05, 3.63) is 29.0 Å². The third-order valence-electron chi connectivity index (χ3n) is 2.95. The van der Waals surface area contributed by atoms with Crippen LogP contribution in [0.5, 0.6) is 0 Å². The summed E-state index contributed by atoms with van der Waals surface area (Å²) < 4.78 is 0. The molecule has 3 heteroatoms. The lowest BCUT2D eigenvalue weighted by molar-refractivity contribution is -0.121. The van der Waals surface area contributed by atoms with E-state index in [4.69, 9.17) is 11.6 Å². The fourth-order valence-electron chi connectivity index (χ4n) is 2.17. The second-order valence-electron chi connectivity index (χ2n) is 4.17. The molecule has 0 bridgehead atoms. The molecular formula is C12H14ClNO. The summed E-state index contributed by atoms with van der Waals surface area (Å²) in [5.74, 6) is 0.877. The summed E-state index contributed by atoms with van der Waals surface area (Å²) in [4.78, 5) is 15.3. The Bertz CT molecular complexity index is 364. The van der Waals surface area contributed by atoms with E-state index in [-0.39, 0.29) is 0 Å². The van der Waals surface area contributed by atoms with Crippen molar-refractivity contribution in [2.24, 2.45) is 5.92 Å². The molecule has 1 atom stereocenters. The smallest absolute Gasteiger partial charge is 0.133 e. The molecule has 1 fully saturated rings. The van der Waals surface area contributed by atoms with Gasteiger partial charge in [0.15, 0.2) is 0 Å². The number of ketones is 1. The van der Waals surface area contributed by atoms with Gasteiger partial charge >= 0.3 is 0 Å². The number of nitrogens with zero attached hydrogens (tertiary/aromatic N) is 1. The minimum atomic E-state index is 0.399. The molecule has 1 aliphatic rings. The normalized spacial score (nSPS) is 21.7. The fraction of sp³-hybridized carbons (Fsp3) is 0.500. The summed E-state index contributed by atoms with van der Waals surface area (Å²) >= 11 is 6.03. The fourth-order valence-corrected chi connectivity index (χ4v) is 2.37. The molecular weight excluding hydrogens is 210 g/mol. The van der Waals surface area contributed by atoms with Crippen molar-refractivity contribution in [1.29, 1.82) is 0 Å². The van der Waals surface area contributed by atoms with Gasteiger partial charge in [0.25, 0.3) is 0 Å². The van der Waals surface area contributed by atoms with Crippen molar-refractivity contribution in [2.45, 2.75) is 32.1 Å². The van der Waals surface area contributed by atoms with Crippen LogP contribution in [0.3, 0.4) is 0 Å². The van der Waals surface area contributed by atoms with Crippen LogP contribution in [0.25, 0.3) is 0 Å². The summed E-state index contributed by atoms with van der Waals surface area (Å²) in [6.07, 6.45) is 8.00. The van der Waals surface area contributed by atoms with E-state index in [1.165, 1.54) is 0 Å². The van der Waals surface area contributed by atoms with Crippen molar-refractivity contribution >= 4 is 17.4 Å². The van der Waals surface area contributed by atoms with Crippen molar-refractivity contribution < 1.29 is 4.79 Å². The molecule has 0 spiro atoms. The van der Waals surface area contributed by atoms with Gasteiger partial charge in [-0.05, 0) is 36.8 Å². The second kappa shape index (κ2) is 4.75. The molecule has 0 aliphatic heterocycles. The quantitative estimate of drug-likeness (QED) is 0.772. The number of Topliss-reactive ketones (excluding diaryl/α,β-unsaturated/α-hetero) is 1. The van der Waals surface area contributed by atoms with Crippen molar-refractivity contribution in [2.75, 3.05) is 0 Å². The summed E-state index contributed by atoms with van der Waals surface area (Å²) in [7, 11) is 0. The summed E-state index contributed by atoms with van der Waals surface area (Å²) in [5, 5.41) is 0.718. The first-order valence-corrected chi connectivity index (χ1v) is 5.73. The maximum Gasteiger partial charge on any atom is 0.133 e. The van der Waals surface area contributed by atoms with Gasteiger partial charge in [-0.15, -0.1) is 0 Å². The Kier molecular flexibility index (Phi) is 3.37. The Morgan fingerprint density at radius 1 is 1.53 bits per heavy atom. The van der Waals surface area contributed by atoms with Crippen LogP contribution in [-0.2, 0) is 11.2 Å². The number of aromatic nitrogens is 1. The first-order chi connectivity index (χ1) is 7.25. The summed E-state index contributed by atoms with van der Waals surface area (Å²) in [6.45, 7) is 0. The monoisotopic (exact) mass is 223 g/mol. The number of hydrogen-bond donors (Lipinski definition) is 0. The van der Waals surface area contributed by atoms with Gasteiger partial charge in [-0.2, -0.15) is 0 Å². The van der Waals surface area contributed by atoms with Gasteiger partial charge in [-0.1, -0.05) is 11.6 Å². The summed E-state index contributed by atoms with van der Waals surface area (Å²) in [6, 6.07) is 1.95. The standard InChI is InChI=1S/C12H14ClNO/c13-12-8-14-5-4-10(12)6-9-2-1-3-11(15)7-9/h4-5,8-9H,1-3,6-7H2. The highest BCUT2D eigenvalue weighted by molar-refractivity contribution is 6.31. The van der Waals surface area contributed by atoms with Crippen molar-refractivity contribution in [1.82, 2.24) is 4.98 Å². The average Bonchev–Trinajstić information content (AvgIpc) is 2.22. The molecule has 1 heterocycles. The number of halogens is 1. The van der Waals surface area contributed by atoms with E-state index in [0.29, 0.717) is 11.7 Å². The number of hydrogen-bond acceptors (Lipinski definition) is 2. The lowest BCUT2D eigenvalue weighted by atomic mass is 9.84. The van der Waals surface area contributed by atoms with Crippen LogP contribution in [0, 0.1) is 5.92 Å². The van der Waals surface area contributed by atoms with E-state index in [0.717, 1.165) is 42.7 Å². The van der Waals surface area contributed by atoms with Gasteiger partial charge in [0.05, 0.1) is 5.02 Å². The van der Waals surface area contributed by atoms with Crippen LogP contribution >= 0.6 is 11.6 Å². The third kappa shape index (κ3) is 2.78. The highest BCUT2D eigenvalue weighted by atomic mass is 35.5. The molecule has 1 unspecified atom stereocenters. The van der Waals surface area contributed by atoms with E-state index < -0.39 is 0 Å². The van der Waals surface area contributed by atoms with Crippen LogP contribution in [0.1, 0.15) is 31.2 Å². The Morgan fingerprint density at radius 2 is 2.40 bits per heavy atom. The minimum Gasteiger partial charge on any atom is -0.300 e. The van der Waals surface area contributed by atoms with E-state index in [2.05, 4.69) is 4.98 Å². The van der Waals surface area contributed by atoms with Crippen molar-refractivity contribution in [3.63, 3.8) is 0 Å². The minimum absolute atomic E-state index is 0.399. The molecule has 1 aromatic rings. The van der Waals surface area contributed by atoms with Gasteiger partial charge in [0, 0.05) is 25.2 Å². The van der Waals surface area contributed by atoms with Crippen LogP contribution in [0.4, 0.5) is 0 Å². The van der Waals surface area contributed by atoms with E-state index in [1.807, 2.05) is 6.07 Å². The van der Waals surface area contributed by atoms with Crippen LogP contribution in [0.2, 0.25) is 5.02 Å². The molecule has 1 aromatic heterocycles. The molecule has 15 heavy (non-hydrogen) atoms. The first-order valence-electron chi connectivity index (χ1n) is 5.36. The highest BCUT2D eigenvalue weighted by Gasteiger charge is 2.20. The molecule has 0 amide bonds. The maximum atomic E-state index is 11.3. The maximum absolute atomic E-state index is 11.3. The topological polar surface area (TPSA) is 30.0 Å². The first kappa shape index (κ1) is 10.6. The van der Waals surface area contributed by atoms with Gasteiger partial charge < -0.3 is 0 Å². The lowest BCUT2D eigenvalue weighted by Gasteiger charge is -2.20. The number of pyridine rings is 1. The number of rotatable bonds is 2. The molecule has 1 saturated carbocycles. The molecule has 80 valence electrons. The molecule has 0 saturated heterocycles. The molecule has 0 aromatic carbocycles. The van der Waals surface area contributed by atoms with E-state index in [9.17, 15) is 4.79 Å². The predicted octanol–water partition coefficient (Wildman–Crippen LogP) is 3.04. The third-order valence-corrected chi connectivity index (χ3v) is 3.29. The van der Waals surface area contributed by atoms with Gasteiger partial charge in [0.1, 0.15) is 5.78 Å². The molecule has 1 aliphatic carbocycles. The van der Waals surface area contributed by atoms with E-state index >= 15 is 0 Å². The Morgan fingerprint density at radius 3 is 3.13 bits per heavy atom. The Labute approximate surface area is 94.7 Å². The Balaban J connectivity index is 2.02. The zero-order valence-corrected chi connectivity index (χ0v) is 9.33. The molecule has 2 nitrogen and oxygen atoms in total. The Hall–Kier alpha value is -0.890. The summed E-state index contributed by atoms with van der Waals surface area (Å²) in [5.41, 5.74) is 1.12. The molecule has 0 N–H and O–H groups in total. The number of carbonyl (C=O) groups is 1. The predicted molar refractivity (Wildman–Crippen MR) is 59.9 cm³/mol. The highest BCUT2D eigenvalue weighted by Crippen LogP contribution is 2.27. The van der Waals surface area contributed by atoms with Crippen LogP contribution in [0.15, 0.2) is 18.5 Å². The van der Waals surface area contributed by atoms with E-state index in [1.54, 1.807) is 12.4 Å². The molecule has 2 rings (SSSR count). The molecule has 0 radical (unpaired) electrons. The van der Waals surface area contributed by atoms with Crippen LogP contribution in [-0.4, -0.2) is 10.8 Å². The van der Waals surface area contributed by atoms with Gasteiger partial charge in [-0.25, -0.2) is 0 Å². The largest absolute Gasteiger partial charge is 0.300 e. The van der Waals surface area contributed by atoms with Crippen LogP contribution < -0.4 is 0 Å². The average molecular weight is 224 g/mol. The zero-order valence-electron chi connectivity index (χ0n) is 8.58. The number of carbonyl (C=O) groups excluding carboxylic acids is 1. The van der Waals surface area contributed by atoms with Gasteiger partial charge in [0.2, 0.25) is 0 Å². The zero-order chi connectivity index (χ0) is 10.7. The van der Waals surface area contributed by atoms with Crippen molar-refractivity contribution in [3.8, 4) is 0 Å². The van der Waals surface area contributed by atoms with Gasteiger partial charge in [-0.3, -0.25) is 9.78 Å².